The first kappa shape index (κ1) is 31.7. The van der Waals surface area contributed by atoms with Gasteiger partial charge in [-0.05, 0) is 143 Å². The van der Waals surface area contributed by atoms with Crippen LogP contribution in [0.4, 0.5) is 0 Å². The molecule has 260 valence electrons. The zero-order chi connectivity index (χ0) is 33.9. The van der Waals surface area contributed by atoms with E-state index in [4.69, 9.17) is 23.7 Å². The average molecular weight is 674 g/mol. The molecule has 0 aliphatic carbocycles. The number of fused-ring (bicyclic) bond motifs is 2. The molecule has 0 saturated carbocycles. The van der Waals surface area contributed by atoms with Gasteiger partial charge in [0, 0.05) is 37.3 Å². The van der Waals surface area contributed by atoms with Crippen LogP contribution in [0.2, 0.25) is 0 Å². The van der Waals surface area contributed by atoms with Gasteiger partial charge in [-0.15, -0.1) is 0 Å². The SMILES string of the molecule is COc1cc2c3c4c1Oc1cc5c(cc1O4)[C@H](Cc1ccc(OC4CCCN(C)CC4)c(c1)Oc1ccc(cc1)C[C@@H]3N(C)CC2)N(C)CC5. The normalized spacial score (nSPS) is 23.2. The zero-order valence-corrected chi connectivity index (χ0v) is 29.7. The van der Waals surface area contributed by atoms with Crippen molar-refractivity contribution < 1.29 is 23.7 Å². The van der Waals surface area contributed by atoms with Gasteiger partial charge in [0.15, 0.2) is 34.5 Å². The van der Waals surface area contributed by atoms with E-state index in [-0.39, 0.29) is 18.2 Å². The number of ether oxygens (including phenoxy) is 5. The first-order valence-corrected chi connectivity index (χ1v) is 18.3. The Balaban J connectivity index is 1.16. The minimum Gasteiger partial charge on any atom is -0.493 e. The highest BCUT2D eigenvalue weighted by Crippen LogP contribution is 2.56. The quantitative estimate of drug-likeness (QED) is 0.191. The minimum atomic E-state index is 0.112. The molecule has 4 aromatic rings. The van der Waals surface area contributed by atoms with E-state index in [1.807, 2.05) is 0 Å². The fourth-order valence-corrected chi connectivity index (χ4v) is 8.64. The second-order valence-electron chi connectivity index (χ2n) is 14.9. The first-order valence-electron chi connectivity index (χ1n) is 18.3. The zero-order valence-electron chi connectivity index (χ0n) is 29.7. The average Bonchev–Trinajstić information content (AvgIpc) is 3.33. The van der Waals surface area contributed by atoms with E-state index in [9.17, 15) is 0 Å². The van der Waals surface area contributed by atoms with Gasteiger partial charge in [0.2, 0.25) is 5.75 Å². The van der Waals surface area contributed by atoms with Crippen LogP contribution in [-0.4, -0.2) is 75.2 Å². The van der Waals surface area contributed by atoms with Crippen LogP contribution in [0.3, 0.4) is 0 Å². The Morgan fingerprint density at radius 1 is 0.640 bits per heavy atom. The Labute approximate surface area is 295 Å². The molecule has 6 aliphatic heterocycles. The van der Waals surface area contributed by atoms with Gasteiger partial charge in [0.1, 0.15) is 11.9 Å². The molecule has 0 aromatic heterocycles. The van der Waals surface area contributed by atoms with Gasteiger partial charge >= 0.3 is 0 Å². The van der Waals surface area contributed by atoms with Crippen LogP contribution in [0, 0.1) is 0 Å². The smallest absolute Gasteiger partial charge is 0.212 e. The molecule has 0 amide bonds. The predicted molar refractivity (Wildman–Crippen MR) is 194 cm³/mol. The monoisotopic (exact) mass is 673 g/mol. The van der Waals surface area contributed by atoms with Gasteiger partial charge in [-0.2, -0.15) is 0 Å². The molecule has 8 heteroatoms. The molecule has 1 unspecified atom stereocenters. The van der Waals surface area contributed by atoms with Crippen LogP contribution in [0.5, 0.6) is 46.0 Å². The topological polar surface area (TPSA) is 55.9 Å². The van der Waals surface area contributed by atoms with Crippen molar-refractivity contribution in [3.63, 3.8) is 0 Å². The van der Waals surface area contributed by atoms with Gasteiger partial charge in [-0.25, -0.2) is 0 Å². The molecule has 4 aromatic carbocycles. The van der Waals surface area contributed by atoms with Crippen molar-refractivity contribution >= 4 is 0 Å². The number of methoxy groups -OCH3 is 1. The Morgan fingerprint density at radius 3 is 2.22 bits per heavy atom. The van der Waals surface area contributed by atoms with Gasteiger partial charge in [0.05, 0.1) is 7.11 Å². The maximum absolute atomic E-state index is 6.98. The molecule has 50 heavy (non-hydrogen) atoms. The van der Waals surface area contributed by atoms with Crippen molar-refractivity contribution in [1.82, 2.24) is 14.7 Å². The number of likely N-dealkylation sites (tertiary alicyclic amines) is 1. The second-order valence-corrected chi connectivity index (χ2v) is 14.9. The van der Waals surface area contributed by atoms with Crippen LogP contribution in [0.15, 0.2) is 60.7 Å². The number of hydrogen-bond donors (Lipinski definition) is 0. The van der Waals surface area contributed by atoms with Gasteiger partial charge in [-0.3, -0.25) is 9.80 Å². The van der Waals surface area contributed by atoms with Gasteiger partial charge < -0.3 is 28.6 Å². The Kier molecular flexibility index (Phi) is 8.13. The van der Waals surface area contributed by atoms with E-state index < -0.39 is 0 Å². The summed E-state index contributed by atoms with van der Waals surface area (Å²) in [6, 6.07) is 22.0. The maximum atomic E-state index is 6.98. The van der Waals surface area contributed by atoms with Crippen molar-refractivity contribution in [1.29, 1.82) is 0 Å². The van der Waals surface area contributed by atoms with Crippen LogP contribution >= 0.6 is 0 Å². The molecular formula is C42H47N3O5. The van der Waals surface area contributed by atoms with Crippen molar-refractivity contribution in [3.8, 4) is 46.0 Å². The first-order chi connectivity index (χ1) is 24.4. The standard InChI is InChI=1S/C42H47N3O5/c1-43-16-5-6-30(15-17-43)47-35-12-9-27-21-33-32-25-38-37(23-28(32)13-18-44(33)2)49-41-39(46-4)24-29-14-19-45(3)34(40(29)42(41)50-38)20-26-7-10-31(11-8-26)48-36(35)22-27/h7-12,22-25,30,33-34H,5-6,13-21H2,1-4H3/t30?,33-,34-/m0/s1. The number of hydrogen-bond acceptors (Lipinski definition) is 8. The molecule has 7 bridgehead atoms. The Morgan fingerprint density at radius 2 is 1.38 bits per heavy atom. The molecule has 6 heterocycles. The summed E-state index contributed by atoms with van der Waals surface area (Å²) in [5.41, 5.74) is 7.48. The molecular weight excluding hydrogens is 626 g/mol. The minimum absolute atomic E-state index is 0.112. The van der Waals surface area contributed by atoms with Crippen molar-refractivity contribution in [2.24, 2.45) is 0 Å². The molecule has 0 N–H and O–H groups in total. The van der Waals surface area contributed by atoms with Crippen molar-refractivity contribution in [2.75, 3.05) is 54.4 Å². The Bertz CT molecular complexity index is 1930. The highest BCUT2D eigenvalue weighted by molar-refractivity contribution is 5.67. The predicted octanol–water partition coefficient (Wildman–Crippen LogP) is 8.11. The fourth-order valence-electron chi connectivity index (χ4n) is 8.64. The van der Waals surface area contributed by atoms with Crippen LogP contribution < -0.4 is 23.7 Å². The lowest BCUT2D eigenvalue weighted by Crippen LogP contribution is -2.34. The highest BCUT2D eigenvalue weighted by atomic mass is 16.6. The summed E-state index contributed by atoms with van der Waals surface area (Å²) in [5, 5.41) is 0. The van der Waals surface area contributed by atoms with Crippen molar-refractivity contribution in [2.45, 2.75) is 63.1 Å². The lowest BCUT2D eigenvalue weighted by atomic mass is 9.86. The molecule has 3 atom stereocenters. The summed E-state index contributed by atoms with van der Waals surface area (Å²) in [4.78, 5) is 7.30. The van der Waals surface area contributed by atoms with E-state index in [0.29, 0.717) is 5.75 Å². The van der Waals surface area contributed by atoms with E-state index >= 15 is 0 Å². The third-order valence-electron chi connectivity index (χ3n) is 11.6. The number of nitrogens with zero attached hydrogens (tertiary/aromatic N) is 3. The number of rotatable bonds is 3. The maximum Gasteiger partial charge on any atom is 0.212 e. The summed E-state index contributed by atoms with van der Waals surface area (Å²) in [6.45, 7) is 4.08. The van der Waals surface area contributed by atoms with Crippen LogP contribution in [-0.2, 0) is 25.7 Å². The Hall–Kier alpha value is -4.24. The van der Waals surface area contributed by atoms with Gasteiger partial charge in [0.25, 0.3) is 0 Å². The molecule has 10 rings (SSSR count). The summed E-state index contributed by atoms with van der Waals surface area (Å²) in [5.74, 6) is 6.11. The summed E-state index contributed by atoms with van der Waals surface area (Å²) in [6.07, 6.45) is 6.91. The lowest BCUT2D eigenvalue weighted by molar-refractivity contribution is 0.177. The fraction of sp³-hybridized carbons (Fsp3) is 0.429. The molecule has 8 nitrogen and oxygen atoms in total. The number of benzene rings is 4. The van der Waals surface area contributed by atoms with E-state index in [0.717, 1.165) is 111 Å². The summed E-state index contributed by atoms with van der Waals surface area (Å²) in [7, 11) is 8.36. The molecule has 1 fully saturated rings. The summed E-state index contributed by atoms with van der Waals surface area (Å²) < 4.78 is 33.1. The van der Waals surface area contributed by atoms with E-state index in [1.54, 1.807) is 7.11 Å². The number of likely N-dealkylation sites (N-methyl/N-ethyl adjacent to an activating group) is 2. The highest BCUT2D eigenvalue weighted by Gasteiger charge is 2.37. The lowest BCUT2D eigenvalue weighted by Gasteiger charge is -2.39. The second kappa shape index (κ2) is 12.8. The third kappa shape index (κ3) is 5.77. The summed E-state index contributed by atoms with van der Waals surface area (Å²) >= 11 is 0. The van der Waals surface area contributed by atoms with E-state index in [1.165, 1.54) is 33.4 Å². The van der Waals surface area contributed by atoms with Crippen LogP contribution in [0.1, 0.15) is 64.7 Å². The molecule has 0 spiro atoms. The van der Waals surface area contributed by atoms with Crippen molar-refractivity contribution in [3.05, 3.63) is 94.0 Å². The largest absolute Gasteiger partial charge is 0.493 e. The van der Waals surface area contributed by atoms with Gasteiger partial charge in [-0.1, -0.05) is 18.2 Å². The van der Waals surface area contributed by atoms with Crippen LogP contribution in [0.25, 0.3) is 0 Å². The third-order valence-corrected chi connectivity index (χ3v) is 11.6. The molecule has 1 saturated heterocycles. The van der Waals surface area contributed by atoms with E-state index in [2.05, 4.69) is 96.5 Å². The molecule has 0 radical (unpaired) electrons. The molecule has 6 aliphatic rings.